The molecule has 3 aromatic rings. The number of hydrogen-bond acceptors (Lipinski definition) is 4. The van der Waals surface area contributed by atoms with Crippen LogP contribution in [0.15, 0.2) is 41.1 Å². The molecule has 2 aromatic heterocycles. The fourth-order valence-electron chi connectivity index (χ4n) is 1.45. The van der Waals surface area contributed by atoms with Crippen molar-refractivity contribution < 1.29 is 4.52 Å². The van der Waals surface area contributed by atoms with Crippen molar-refractivity contribution in [2.45, 2.75) is 0 Å². The number of benzene rings is 1. The average Bonchev–Trinajstić information content (AvgIpc) is 2.98. The third-order valence-electron chi connectivity index (χ3n) is 2.26. The molecule has 0 atom stereocenters. The van der Waals surface area contributed by atoms with Gasteiger partial charge in [0.2, 0.25) is 5.82 Å². The minimum Gasteiger partial charge on any atom is -0.332 e. The van der Waals surface area contributed by atoms with Crippen LogP contribution in [0.4, 0.5) is 0 Å². The van der Waals surface area contributed by atoms with Gasteiger partial charge >= 0.3 is 0 Å². The van der Waals surface area contributed by atoms with Crippen molar-refractivity contribution in [1.82, 2.24) is 20.3 Å². The summed E-state index contributed by atoms with van der Waals surface area (Å²) < 4.78 is 6.16. The van der Waals surface area contributed by atoms with Gasteiger partial charge in [-0.15, -0.1) is 0 Å². The molecule has 0 saturated heterocycles. The van der Waals surface area contributed by atoms with Crippen LogP contribution in [0.5, 0.6) is 0 Å². The van der Waals surface area contributed by atoms with E-state index in [2.05, 4.69) is 42.9 Å². The Morgan fingerprint density at radius 3 is 2.71 bits per heavy atom. The summed E-state index contributed by atoms with van der Waals surface area (Å²) in [6.45, 7) is 0. The normalized spacial score (nSPS) is 10.6. The van der Waals surface area contributed by atoms with Gasteiger partial charge in [-0.2, -0.15) is 10.1 Å². The second-order valence-corrected chi connectivity index (χ2v) is 4.54. The van der Waals surface area contributed by atoms with Crippen molar-refractivity contribution >= 4 is 22.6 Å². The molecule has 0 aliphatic heterocycles. The molecule has 84 valence electrons. The lowest BCUT2D eigenvalue weighted by atomic mass is 10.2. The highest BCUT2D eigenvalue weighted by Gasteiger charge is 2.14. The van der Waals surface area contributed by atoms with E-state index in [1.807, 2.05) is 30.3 Å². The van der Waals surface area contributed by atoms with Gasteiger partial charge in [0.05, 0.1) is 9.77 Å². The van der Waals surface area contributed by atoms with Crippen molar-refractivity contribution in [3.8, 4) is 23.0 Å². The number of aromatic amines is 1. The molecule has 2 heterocycles. The maximum atomic E-state index is 5.21. The number of H-pyrrole nitrogens is 1. The van der Waals surface area contributed by atoms with E-state index in [4.69, 9.17) is 4.52 Å². The van der Waals surface area contributed by atoms with Crippen molar-refractivity contribution in [2.75, 3.05) is 0 Å². The first kappa shape index (κ1) is 10.5. The van der Waals surface area contributed by atoms with E-state index in [1.165, 1.54) is 0 Å². The highest BCUT2D eigenvalue weighted by Crippen LogP contribution is 2.23. The second-order valence-electron chi connectivity index (χ2n) is 3.38. The fourth-order valence-corrected chi connectivity index (χ4v) is 1.94. The Kier molecular flexibility index (Phi) is 2.63. The van der Waals surface area contributed by atoms with Gasteiger partial charge < -0.3 is 4.52 Å². The minimum atomic E-state index is 0.450. The summed E-state index contributed by atoms with van der Waals surface area (Å²) in [4.78, 5) is 4.33. The third-order valence-corrected chi connectivity index (χ3v) is 3.08. The van der Waals surface area contributed by atoms with E-state index >= 15 is 0 Å². The Morgan fingerprint density at radius 1 is 1.18 bits per heavy atom. The number of hydrogen-bond donors (Lipinski definition) is 1. The topological polar surface area (TPSA) is 67.6 Å². The Morgan fingerprint density at radius 2 is 2.00 bits per heavy atom. The van der Waals surface area contributed by atoms with E-state index < -0.39 is 0 Å². The Bertz CT molecular complexity index is 632. The molecule has 0 amide bonds. The molecule has 0 saturated carbocycles. The molecule has 0 spiro atoms. The summed E-state index contributed by atoms with van der Waals surface area (Å²) in [6, 6.07) is 9.69. The summed E-state index contributed by atoms with van der Waals surface area (Å²) >= 11 is 2.16. The molecule has 0 aliphatic carbocycles. The minimum absolute atomic E-state index is 0.450. The fraction of sp³-hybridized carbons (Fsp3) is 0. The van der Waals surface area contributed by atoms with Gasteiger partial charge in [0.15, 0.2) is 0 Å². The summed E-state index contributed by atoms with van der Waals surface area (Å²) in [5.74, 6) is 1.02. The number of nitrogens with zero attached hydrogens (tertiary/aromatic N) is 3. The summed E-state index contributed by atoms with van der Waals surface area (Å²) in [6.07, 6.45) is 1.71. The van der Waals surface area contributed by atoms with Crippen LogP contribution in [0.3, 0.4) is 0 Å². The monoisotopic (exact) mass is 338 g/mol. The molecule has 0 aliphatic rings. The van der Waals surface area contributed by atoms with Crippen molar-refractivity contribution in [1.29, 1.82) is 0 Å². The lowest BCUT2D eigenvalue weighted by Gasteiger charge is -1.90. The smallest absolute Gasteiger partial charge is 0.277 e. The highest BCUT2D eigenvalue weighted by molar-refractivity contribution is 14.1. The van der Waals surface area contributed by atoms with E-state index in [-0.39, 0.29) is 0 Å². The molecule has 0 bridgehead atoms. The Hall–Kier alpha value is -1.70. The first-order valence-corrected chi connectivity index (χ1v) is 6.01. The van der Waals surface area contributed by atoms with Gasteiger partial charge in [0, 0.05) is 5.56 Å². The van der Waals surface area contributed by atoms with Gasteiger partial charge in [0.1, 0.15) is 5.69 Å². The first-order valence-electron chi connectivity index (χ1n) is 4.93. The predicted octanol–water partition coefficient (Wildman–Crippen LogP) is 2.73. The van der Waals surface area contributed by atoms with E-state index in [9.17, 15) is 0 Å². The Balaban J connectivity index is 2.02. The van der Waals surface area contributed by atoms with Gasteiger partial charge in [-0.05, 0) is 22.6 Å². The number of aromatic nitrogens is 4. The van der Waals surface area contributed by atoms with Gasteiger partial charge in [-0.3, -0.25) is 5.10 Å². The summed E-state index contributed by atoms with van der Waals surface area (Å²) in [5, 5.41) is 10.7. The molecule has 0 radical (unpaired) electrons. The molecule has 0 fully saturated rings. The van der Waals surface area contributed by atoms with Gasteiger partial charge in [-0.25, -0.2) is 0 Å². The Labute approximate surface area is 110 Å². The van der Waals surface area contributed by atoms with Crippen molar-refractivity contribution in [3.05, 3.63) is 40.1 Å². The van der Waals surface area contributed by atoms with Crippen LogP contribution >= 0.6 is 22.6 Å². The summed E-state index contributed by atoms with van der Waals surface area (Å²) in [5.41, 5.74) is 1.68. The predicted molar refractivity (Wildman–Crippen MR) is 70.0 cm³/mol. The lowest BCUT2D eigenvalue weighted by molar-refractivity contribution is 0.430. The van der Waals surface area contributed by atoms with Crippen LogP contribution in [0.2, 0.25) is 0 Å². The standard InChI is InChI=1S/C11H7IN4O/c12-8-6-13-15-9(8)11-14-10(16-17-11)7-4-2-1-3-5-7/h1-6H,(H,13,15). The molecular weight excluding hydrogens is 331 g/mol. The second kappa shape index (κ2) is 4.28. The lowest BCUT2D eigenvalue weighted by Crippen LogP contribution is -1.82. The van der Waals surface area contributed by atoms with Crippen molar-refractivity contribution in [2.24, 2.45) is 0 Å². The number of nitrogens with one attached hydrogen (secondary N) is 1. The van der Waals surface area contributed by atoms with Gasteiger partial charge in [0.25, 0.3) is 5.89 Å². The van der Waals surface area contributed by atoms with Crippen molar-refractivity contribution in [3.63, 3.8) is 0 Å². The highest BCUT2D eigenvalue weighted by atomic mass is 127. The summed E-state index contributed by atoms with van der Waals surface area (Å²) in [7, 11) is 0. The molecule has 5 nitrogen and oxygen atoms in total. The van der Waals surface area contributed by atoms with Crippen LogP contribution in [-0.4, -0.2) is 20.3 Å². The zero-order valence-corrected chi connectivity index (χ0v) is 10.7. The number of halogens is 1. The molecule has 3 rings (SSSR count). The first-order chi connectivity index (χ1) is 8.34. The molecule has 6 heteroatoms. The average molecular weight is 338 g/mol. The molecule has 1 aromatic carbocycles. The number of rotatable bonds is 2. The van der Waals surface area contributed by atoms with Crippen LogP contribution in [0, 0.1) is 3.57 Å². The zero-order chi connectivity index (χ0) is 11.7. The molecular formula is C11H7IN4O. The van der Waals surface area contributed by atoms with E-state index in [0.29, 0.717) is 11.7 Å². The van der Waals surface area contributed by atoms with Crippen LogP contribution in [-0.2, 0) is 0 Å². The molecule has 17 heavy (non-hydrogen) atoms. The largest absolute Gasteiger partial charge is 0.332 e. The molecule has 0 unspecified atom stereocenters. The van der Waals surface area contributed by atoms with E-state index in [1.54, 1.807) is 6.20 Å². The maximum absolute atomic E-state index is 5.21. The van der Waals surface area contributed by atoms with Crippen LogP contribution < -0.4 is 0 Å². The van der Waals surface area contributed by atoms with E-state index in [0.717, 1.165) is 14.8 Å². The van der Waals surface area contributed by atoms with Crippen LogP contribution in [0.25, 0.3) is 23.0 Å². The zero-order valence-electron chi connectivity index (χ0n) is 8.59. The molecule has 1 N–H and O–H groups in total. The maximum Gasteiger partial charge on any atom is 0.277 e. The van der Waals surface area contributed by atoms with Gasteiger partial charge in [-0.1, -0.05) is 35.5 Å². The third kappa shape index (κ3) is 1.95. The quantitative estimate of drug-likeness (QED) is 0.730. The SMILES string of the molecule is Ic1cn[nH]c1-c1nc(-c2ccccc2)no1. The van der Waals surface area contributed by atoms with Crippen LogP contribution in [0.1, 0.15) is 0 Å².